The first-order valence-electron chi connectivity index (χ1n) is 4.53. The van der Waals surface area contributed by atoms with Crippen LogP contribution >= 0.6 is 58.5 Å². The molecule has 0 amide bonds. The molecule has 88 valence electrons. The van der Waals surface area contributed by atoms with Crippen molar-refractivity contribution in [2.45, 2.75) is 4.34 Å². The van der Waals surface area contributed by atoms with E-state index >= 15 is 0 Å². The fraction of sp³-hybridized carbons (Fsp3) is 0.500. The lowest BCUT2D eigenvalue weighted by atomic mass is 10.5. The Hall–Kier alpha value is 0.410. The third kappa shape index (κ3) is 3.21. The Bertz CT molecular complexity index is 373. The van der Waals surface area contributed by atoms with Crippen LogP contribution < -0.4 is 0 Å². The van der Waals surface area contributed by atoms with E-state index in [1.54, 1.807) is 0 Å². The monoisotopic (exact) mass is 314 g/mol. The summed E-state index contributed by atoms with van der Waals surface area (Å²) < 4.78 is 7.35. The summed E-state index contributed by atoms with van der Waals surface area (Å²) in [5.74, 6) is 0. The van der Waals surface area contributed by atoms with Gasteiger partial charge in [0.15, 0.2) is 9.49 Å². The van der Waals surface area contributed by atoms with Gasteiger partial charge >= 0.3 is 0 Å². The van der Waals surface area contributed by atoms with Crippen LogP contribution in [0.5, 0.6) is 0 Å². The molecule has 0 unspecified atom stereocenters. The molecular formula is C8H8Cl2N2OS3. The molecule has 0 aliphatic carbocycles. The summed E-state index contributed by atoms with van der Waals surface area (Å²) in [7, 11) is 0. The van der Waals surface area contributed by atoms with E-state index in [1.165, 1.54) is 23.1 Å². The van der Waals surface area contributed by atoms with Gasteiger partial charge in [-0.15, -0.1) is 0 Å². The number of halogens is 2. The van der Waals surface area contributed by atoms with Crippen LogP contribution in [0.25, 0.3) is 0 Å². The quantitative estimate of drug-likeness (QED) is 0.586. The molecule has 0 bridgehead atoms. The second-order valence-electron chi connectivity index (χ2n) is 3.01. The van der Waals surface area contributed by atoms with Gasteiger partial charge in [0.1, 0.15) is 8.66 Å². The van der Waals surface area contributed by atoms with Gasteiger partial charge in [-0.05, 0) is 11.8 Å². The highest BCUT2D eigenvalue weighted by atomic mass is 35.5. The van der Waals surface area contributed by atoms with Crippen molar-refractivity contribution in [3.63, 3.8) is 0 Å². The second-order valence-corrected chi connectivity index (χ2v) is 6.85. The third-order valence-electron chi connectivity index (χ3n) is 1.97. The molecule has 8 heteroatoms. The van der Waals surface area contributed by atoms with E-state index in [4.69, 9.17) is 40.2 Å². The number of thiocarbonyl (C=S) groups is 1. The molecular weight excluding hydrogens is 307 g/mol. The summed E-state index contributed by atoms with van der Waals surface area (Å²) in [6, 6.07) is 0. The van der Waals surface area contributed by atoms with Crippen LogP contribution in [-0.2, 0) is 4.74 Å². The van der Waals surface area contributed by atoms with Gasteiger partial charge in [-0.25, -0.2) is 4.98 Å². The molecule has 1 aliphatic rings. The average molecular weight is 315 g/mol. The minimum absolute atomic E-state index is 0.346. The number of hydrogen-bond acceptors (Lipinski definition) is 5. The van der Waals surface area contributed by atoms with Gasteiger partial charge in [0.05, 0.1) is 13.2 Å². The molecule has 1 aromatic rings. The highest BCUT2D eigenvalue weighted by Gasteiger charge is 2.17. The largest absolute Gasteiger partial charge is 0.378 e. The Morgan fingerprint density at radius 2 is 2.12 bits per heavy atom. The smallest absolute Gasteiger partial charge is 0.160 e. The van der Waals surface area contributed by atoms with Gasteiger partial charge in [-0.2, -0.15) is 0 Å². The molecule has 2 rings (SSSR count). The van der Waals surface area contributed by atoms with Crippen molar-refractivity contribution in [3.8, 4) is 0 Å². The summed E-state index contributed by atoms with van der Waals surface area (Å²) in [5.41, 5.74) is 0. The highest BCUT2D eigenvalue weighted by Crippen LogP contribution is 2.35. The van der Waals surface area contributed by atoms with Gasteiger partial charge in [0, 0.05) is 13.1 Å². The average Bonchev–Trinajstić information content (AvgIpc) is 2.59. The van der Waals surface area contributed by atoms with Crippen molar-refractivity contribution < 1.29 is 4.74 Å². The van der Waals surface area contributed by atoms with Crippen LogP contribution in [0.15, 0.2) is 4.34 Å². The van der Waals surface area contributed by atoms with Crippen molar-refractivity contribution in [2.24, 2.45) is 0 Å². The van der Waals surface area contributed by atoms with Gasteiger partial charge in [0.25, 0.3) is 0 Å². The Kier molecular flexibility index (Phi) is 4.69. The molecule has 1 fully saturated rings. The van der Waals surface area contributed by atoms with Crippen LogP contribution in [-0.4, -0.2) is 40.5 Å². The number of hydrogen-bond donors (Lipinski definition) is 0. The summed E-state index contributed by atoms with van der Waals surface area (Å²) in [5, 5.41) is 0.346. The molecule has 3 nitrogen and oxygen atoms in total. The topological polar surface area (TPSA) is 25.4 Å². The SMILES string of the molecule is S=C(Sc1nc(Cl)c(Cl)s1)N1CCOCC1. The molecule has 1 aliphatic heterocycles. The lowest BCUT2D eigenvalue weighted by molar-refractivity contribution is 0.0702. The maximum absolute atomic E-state index is 5.83. The summed E-state index contributed by atoms with van der Waals surface area (Å²) in [4.78, 5) is 6.22. The minimum Gasteiger partial charge on any atom is -0.378 e. The molecule has 1 saturated heterocycles. The molecule has 1 aromatic heterocycles. The molecule has 16 heavy (non-hydrogen) atoms. The predicted octanol–water partition coefficient (Wildman–Crippen LogP) is 3.16. The standard InChI is InChI=1S/C8H8Cl2N2OS3/c9-5-6(10)15-7(11-5)16-8(14)12-1-3-13-4-2-12/h1-4H2. The number of thioether (sulfide) groups is 1. The van der Waals surface area contributed by atoms with E-state index < -0.39 is 0 Å². The fourth-order valence-electron chi connectivity index (χ4n) is 1.19. The lowest BCUT2D eigenvalue weighted by Gasteiger charge is -2.28. The summed E-state index contributed by atoms with van der Waals surface area (Å²) in [6.07, 6.45) is 0. The summed E-state index contributed by atoms with van der Waals surface area (Å²) in [6.45, 7) is 3.11. The molecule has 0 N–H and O–H groups in total. The van der Waals surface area contributed by atoms with Crippen LogP contribution in [0.1, 0.15) is 0 Å². The number of thiazole rings is 1. The zero-order chi connectivity index (χ0) is 11.5. The third-order valence-corrected chi connectivity index (χ3v) is 5.21. The van der Waals surface area contributed by atoms with Gasteiger partial charge < -0.3 is 9.64 Å². The van der Waals surface area contributed by atoms with E-state index in [1.807, 2.05) is 0 Å². The molecule has 0 atom stereocenters. The van der Waals surface area contributed by atoms with E-state index in [2.05, 4.69) is 9.88 Å². The Morgan fingerprint density at radius 1 is 1.44 bits per heavy atom. The van der Waals surface area contributed by atoms with E-state index in [0.29, 0.717) is 9.49 Å². The lowest BCUT2D eigenvalue weighted by Crippen LogP contribution is -2.38. The predicted molar refractivity (Wildman–Crippen MR) is 73.0 cm³/mol. The van der Waals surface area contributed by atoms with Gasteiger partial charge in [-0.3, -0.25) is 0 Å². The Balaban J connectivity index is 1.95. The molecule has 0 radical (unpaired) electrons. The van der Waals surface area contributed by atoms with Crippen molar-refractivity contribution in [1.82, 2.24) is 9.88 Å². The number of rotatable bonds is 1. The fourth-order valence-corrected chi connectivity index (χ4v) is 4.14. The van der Waals surface area contributed by atoms with Crippen molar-refractivity contribution >= 4 is 62.8 Å². The molecule has 0 saturated carbocycles. The van der Waals surface area contributed by atoms with Crippen LogP contribution in [0.3, 0.4) is 0 Å². The van der Waals surface area contributed by atoms with E-state index in [-0.39, 0.29) is 0 Å². The Labute approximate surface area is 117 Å². The van der Waals surface area contributed by atoms with Gasteiger partial charge in [0.2, 0.25) is 0 Å². The minimum atomic E-state index is 0.346. The van der Waals surface area contributed by atoms with Crippen LogP contribution in [0.4, 0.5) is 0 Å². The second kappa shape index (κ2) is 5.84. The van der Waals surface area contributed by atoms with E-state index in [9.17, 15) is 0 Å². The van der Waals surface area contributed by atoms with Crippen molar-refractivity contribution in [1.29, 1.82) is 0 Å². The zero-order valence-electron chi connectivity index (χ0n) is 8.11. The number of aromatic nitrogens is 1. The maximum Gasteiger partial charge on any atom is 0.160 e. The normalized spacial score (nSPS) is 16.5. The molecule has 0 aromatic carbocycles. The zero-order valence-corrected chi connectivity index (χ0v) is 12.1. The van der Waals surface area contributed by atoms with Crippen molar-refractivity contribution in [3.05, 3.63) is 9.49 Å². The highest BCUT2D eigenvalue weighted by molar-refractivity contribution is 8.23. The maximum atomic E-state index is 5.83. The van der Waals surface area contributed by atoms with Crippen LogP contribution in [0, 0.1) is 0 Å². The first-order valence-corrected chi connectivity index (χ1v) is 7.33. The van der Waals surface area contributed by atoms with Crippen molar-refractivity contribution in [2.75, 3.05) is 26.3 Å². The number of nitrogens with zero attached hydrogens (tertiary/aromatic N) is 2. The Morgan fingerprint density at radius 3 is 2.69 bits per heavy atom. The van der Waals surface area contributed by atoms with E-state index in [0.717, 1.165) is 35.0 Å². The first-order chi connectivity index (χ1) is 7.66. The van der Waals surface area contributed by atoms with Gasteiger partial charge in [-0.1, -0.05) is 46.8 Å². The van der Waals surface area contributed by atoms with Crippen LogP contribution in [0.2, 0.25) is 9.49 Å². The summed E-state index contributed by atoms with van der Waals surface area (Å²) >= 11 is 19.7. The molecule has 2 heterocycles. The first kappa shape index (κ1) is 12.9. The number of ether oxygens (including phenoxy) is 1. The molecule has 0 spiro atoms. The number of morpholine rings is 1.